The van der Waals surface area contributed by atoms with E-state index in [9.17, 15) is 9.90 Å². The maximum atomic E-state index is 11.9. The van der Waals surface area contributed by atoms with Crippen LogP contribution in [-0.4, -0.2) is 30.8 Å². The molecule has 0 saturated heterocycles. The molecule has 0 aliphatic carbocycles. The van der Waals surface area contributed by atoms with E-state index in [4.69, 9.17) is 10.3 Å². The van der Waals surface area contributed by atoms with Crippen LogP contribution in [0.4, 0.5) is 5.82 Å². The molecule has 3 aromatic heterocycles. The zero-order chi connectivity index (χ0) is 25.6. The molecule has 8 nitrogen and oxygen atoms in total. The van der Waals surface area contributed by atoms with Crippen LogP contribution in [0, 0.1) is 0 Å². The van der Waals surface area contributed by atoms with Gasteiger partial charge in [-0.05, 0) is 42.0 Å². The summed E-state index contributed by atoms with van der Waals surface area (Å²) in [6.45, 7) is 0.418. The highest BCUT2D eigenvalue weighted by molar-refractivity contribution is 5.75. The van der Waals surface area contributed by atoms with E-state index in [2.05, 4.69) is 51.5 Å². The topological polar surface area (TPSA) is 120 Å². The van der Waals surface area contributed by atoms with Crippen molar-refractivity contribution in [1.82, 2.24) is 19.7 Å². The lowest BCUT2D eigenvalue weighted by atomic mass is 9.98. The van der Waals surface area contributed by atoms with Crippen molar-refractivity contribution in [3.63, 3.8) is 0 Å². The minimum atomic E-state index is -0.946. The van der Waals surface area contributed by atoms with Gasteiger partial charge in [-0.25, -0.2) is 9.97 Å². The molecule has 0 aliphatic rings. The van der Waals surface area contributed by atoms with Crippen molar-refractivity contribution in [3.8, 4) is 11.3 Å². The van der Waals surface area contributed by atoms with E-state index in [0.717, 1.165) is 29.7 Å². The zero-order valence-electron chi connectivity index (χ0n) is 20.2. The summed E-state index contributed by atoms with van der Waals surface area (Å²) in [6.07, 6.45) is 7.19. The fourth-order valence-corrected chi connectivity index (χ4v) is 4.23. The van der Waals surface area contributed by atoms with E-state index in [0.29, 0.717) is 23.8 Å². The van der Waals surface area contributed by atoms with Crippen LogP contribution < -0.4 is 5.73 Å². The van der Waals surface area contributed by atoms with E-state index in [-0.39, 0.29) is 6.42 Å². The van der Waals surface area contributed by atoms with Crippen molar-refractivity contribution in [2.45, 2.75) is 31.7 Å². The highest BCUT2D eigenvalue weighted by Crippen LogP contribution is 2.23. The fourth-order valence-electron chi connectivity index (χ4n) is 4.23. The molecule has 1 atom stereocenters. The van der Waals surface area contributed by atoms with Crippen LogP contribution in [0.15, 0.2) is 96.0 Å². The average molecular weight is 494 g/mol. The van der Waals surface area contributed by atoms with Gasteiger partial charge in [-0.3, -0.25) is 4.79 Å². The number of benzene rings is 2. The van der Waals surface area contributed by atoms with Crippen LogP contribution in [0.5, 0.6) is 0 Å². The van der Waals surface area contributed by atoms with Gasteiger partial charge in [-0.1, -0.05) is 65.8 Å². The van der Waals surface area contributed by atoms with Gasteiger partial charge in [-0.2, -0.15) is 0 Å². The van der Waals surface area contributed by atoms with Gasteiger partial charge in [0.15, 0.2) is 5.76 Å². The predicted octanol–water partition coefficient (Wildman–Crippen LogP) is 4.76. The molecular weight excluding hydrogens is 466 g/mol. The SMILES string of the molecule is Nc1ccc(CC(C(=O)O)c2cn(Cc3cc(-c4ccc(CCc5ccccc5)cc4)on3)cn2)cn1. The number of hydrogen-bond donors (Lipinski definition) is 2. The van der Waals surface area contributed by atoms with Gasteiger partial charge in [0.2, 0.25) is 0 Å². The monoisotopic (exact) mass is 493 g/mol. The summed E-state index contributed by atoms with van der Waals surface area (Å²) in [5, 5.41) is 14.0. The Morgan fingerprint density at radius 2 is 1.68 bits per heavy atom. The van der Waals surface area contributed by atoms with E-state index < -0.39 is 11.9 Å². The van der Waals surface area contributed by atoms with Crippen LogP contribution in [0.1, 0.15) is 34.0 Å². The van der Waals surface area contributed by atoms with E-state index in [1.165, 1.54) is 11.1 Å². The second-order valence-electron chi connectivity index (χ2n) is 9.02. The molecule has 3 N–H and O–H groups in total. The number of aryl methyl sites for hydroxylation is 2. The molecule has 0 bridgehead atoms. The molecule has 3 heterocycles. The van der Waals surface area contributed by atoms with Crippen molar-refractivity contribution in [1.29, 1.82) is 0 Å². The zero-order valence-corrected chi connectivity index (χ0v) is 20.2. The fraction of sp³-hybridized carbons (Fsp3) is 0.172. The van der Waals surface area contributed by atoms with Crippen LogP contribution >= 0.6 is 0 Å². The summed E-state index contributed by atoms with van der Waals surface area (Å²) in [5.41, 5.74) is 11.1. The van der Waals surface area contributed by atoms with E-state index in [1.807, 2.05) is 24.3 Å². The van der Waals surface area contributed by atoms with Gasteiger partial charge in [0, 0.05) is 24.0 Å². The standard InChI is InChI=1S/C29H27N5O3/c30-28-13-10-22(16-31-28)14-25(29(35)36)26-18-34(19-32-26)17-24-15-27(37-33-24)23-11-8-21(9-12-23)7-6-20-4-2-1-3-5-20/h1-5,8-13,15-16,18-19,25H,6-7,14,17H2,(H2,30,31)(H,35,36). The number of imidazole rings is 1. The number of hydrogen-bond acceptors (Lipinski definition) is 6. The first-order valence-corrected chi connectivity index (χ1v) is 12.1. The maximum Gasteiger partial charge on any atom is 0.312 e. The second-order valence-corrected chi connectivity index (χ2v) is 9.02. The smallest absolute Gasteiger partial charge is 0.312 e. The Hall–Kier alpha value is -4.72. The molecule has 0 saturated carbocycles. The first kappa shape index (κ1) is 24.0. The quantitative estimate of drug-likeness (QED) is 0.288. The molecule has 2 aromatic carbocycles. The van der Waals surface area contributed by atoms with E-state index >= 15 is 0 Å². The lowest BCUT2D eigenvalue weighted by molar-refractivity contribution is -0.138. The number of aromatic nitrogens is 4. The second kappa shape index (κ2) is 10.9. The number of nitrogen functional groups attached to an aromatic ring is 1. The van der Waals surface area contributed by atoms with Crippen molar-refractivity contribution < 1.29 is 14.4 Å². The number of nitrogens with zero attached hydrogens (tertiary/aromatic N) is 4. The number of pyridine rings is 1. The average Bonchev–Trinajstić information content (AvgIpc) is 3.58. The Morgan fingerprint density at radius 1 is 0.946 bits per heavy atom. The molecule has 8 heteroatoms. The summed E-state index contributed by atoms with van der Waals surface area (Å²) >= 11 is 0. The van der Waals surface area contributed by atoms with Crippen molar-refractivity contribution in [2.24, 2.45) is 0 Å². The number of nitrogens with two attached hydrogens (primary N) is 1. The Morgan fingerprint density at radius 3 is 2.38 bits per heavy atom. The van der Waals surface area contributed by atoms with Gasteiger partial charge in [-0.15, -0.1) is 0 Å². The molecule has 0 aliphatic heterocycles. The number of rotatable bonds is 10. The summed E-state index contributed by atoms with van der Waals surface area (Å²) in [7, 11) is 0. The number of anilines is 1. The first-order valence-electron chi connectivity index (χ1n) is 12.1. The molecule has 0 radical (unpaired) electrons. The third-order valence-electron chi connectivity index (χ3n) is 6.28. The molecule has 0 fully saturated rings. The molecule has 1 unspecified atom stereocenters. The summed E-state index contributed by atoms with van der Waals surface area (Å²) in [4.78, 5) is 20.3. The van der Waals surface area contributed by atoms with Crippen LogP contribution in [-0.2, 0) is 30.6 Å². The normalized spacial score (nSPS) is 11.9. The maximum absolute atomic E-state index is 11.9. The van der Waals surface area contributed by atoms with Gasteiger partial charge in [0.25, 0.3) is 0 Å². The Labute approximate surface area is 214 Å². The molecular formula is C29H27N5O3. The molecule has 0 spiro atoms. The summed E-state index contributed by atoms with van der Waals surface area (Å²) in [6, 6.07) is 24.1. The number of carboxylic acid groups (broad SMARTS) is 1. The highest BCUT2D eigenvalue weighted by atomic mass is 16.5. The molecule has 5 rings (SSSR count). The van der Waals surface area contributed by atoms with Gasteiger partial charge < -0.3 is 19.9 Å². The van der Waals surface area contributed by atoms with Crippen molar-refractivity contribution in [3.05, 3.63) is 120 Å². The number of carbonyl (C=O) groups is 1. The third-order valence-corrected chi connectivity index (χ3v) is 6.28. The number of carboxylic acids is 1. The van der Waals surface area contributed by atoms with Gasteiger partial charge in [0.1, 0.15) is 17.4 Å². The minimum absolute atomic E-state index is 0.273. The summed E-state index contributed by atoms with van der Waals surface area (Å²) in [5.74, 6) is -0.659. The van der Waals surface area contributed by atoms with Crippen molar-refractivity contribution in [2.75, 3.05) is 5.73 Å². The molecule has 5 aromatic rings. The van der Waals surface area contributed by atoms with Crippen LogP contribution in [0.2, 0.25) is 0 Å². The van der Waals surface area contributed by atoms with Crippen LogP contribution in [0.3, 0.4) is 0 Å². The Bertz CT molecular complexity index is 1460. The Balaban J connectivity index is 1.21. The largest absolute Gasteiger partial charge is 0.481 e. The molecule has 37 heavy (non-hydrogen) atoms. The first-order chi connectivity index (χ1) is 18.0. The highest BCUT2D eigenvalue weighted by Gasteiger charge is 2.23. The van der Waals surface area contributed by atoms with Gasteiger partial charge >= 0.3 is 5.97 Å². The lowest BCUT2D eigenvalue weighted by Crippen LogP contribution is -2.15. The summed E-state index contributed by atoms with van der Waals surface area (Å²) < 4.78 is 7.38. The minimum Gasteiger partial charge on any atom is -0.481 e. The van der Waals surface area contributed by atoms with Gasteiger partial charge in [0.05, 0.1) is 18.6 Å². The van der Waals surface area contributed by atoms with Crippen molar-refractivity contribution >= 4 is 11.8 Å². The number of aliphatic carboxylic acids is 1. The molecule has 0 amide bonds. The predicted molar refractivity (Wildman–Crippen MR) is 140 cm³/mol. The van der Waals surface area contributed by atoms with E-state index in [1.54, 1.807) is 35.4 Å². The third kappa shape index (κ3) is 6.10. The van der Waals surface area contributed by atoms with Crippen LogP contribution in [0.25, 0.3) is 11.3 Å². The lowest BCUT2D eigenvalue weighted by Gasteiger charge is -2.09. The Kier molecular flexibility index (Phi) is 7.07. The molecule has 186 valence electrons.